The van der Waals surface area contributed by atoms with Crippen LogP contribution >= 0.6 is 15.9 Å². The highest BCUT2D eigenvalue weighted by molar-refractivity contribution is 9.10. The Morgan fingerprint density at radius 2 is 1.94 bits per heavy atom. The summed E-state index contributed by atoms with van der Waals surface area (Å²) in [6.45, 7) is 0. The molecule has 0 unspecified atom stereocenters. The number of para-hydroxylation sites is 1. The number of fused-ring (bicyclic) bond motifs is 3. The number of furan rings is 1. The Morgan fingerprint density at radius 1 is 1.12 bits per heavy atom. The van der Waals surface area contributed by atoms with Crippen molar-refractivity contribution in [2.45, 2.75) is 0 Å². The summed E-state index contributed by atoms with van der Waals surface area (Å²) in [4.78, 5) is 0. The summed E-state index contributed by atoms with van der Waals surface area (Å²) in [6.07, 6.45) is 0. The molecule has 0 saturated carbocycles. The molecule has 0 amide bonds. The van der Waals surface area contributed by atoms with E-state index >= 15 is 0 Å². The Bertz CT molecular complexity index is 672. The molecule has 0 aliphatic carbocycles. The molecule has 3 rings (SSSR count). The zero-order chi connectivity index (χ0) is 11.1. The molecular formula is C13H10BrNO. The molecule has 0 radical (unpaired) electrons. The molecule has 1 aromatic heterocycles. The van der Waals surface area contributed by atoms with Crippen molar-refractivity contribution in [2.75, 3.05) is 12.4 Å². The topological polar surface area (TPSA) is 25.2 Å². The minimum Gasteiger partial charge on any atom is -0.454 e. The number of hydrogen-bond donors (Lipinski definition) is 1. The van der Waals surface area contributed by atoms with Crippen LogP contribution in [0.25, 0.3) is 21.9 Å². The quantitative estimate of drug-likeness (QED) is 0.713. The van der Waals surface area contributed by atoms with Crippen molar-refractivity contribution in [2.24, 2.45) is 0 Å². The van der Waals surface area contributed by atoms with Crippen LogP contribution in [0.5, 0.6) is 0 Å². The molecule has 2 nitrogen and oxygen atoms in total. The lowest BCUT2D eigenvalue weighted by Gasteiger charge is -2.01. The minimum absolute atomic E-state index is 0.901. The van der Waals surface area contributed by atoms with Crippen molar-refractivity contribution in [3.05, 3.63) is 40.9 Å². The van der Waals surface area contributed by atoms with E-state index in [1.54, 1.807) is 0 Å². The van der Waals surface area contributed by atoms with Crippen LogP contribution < -0.4 is 5.32 Å². The first-order valence-electron chi connectivity index (χ1n) is 5.09. The molecule has 16 heavy (non-hydrogen) atoms. The van der Waals surface area contributed by atoms with Crippen LogP contribution in [0.2, 0.25) is 0 Å². The second kappa shape index (κ2) is 3.52. The summed E-state index contributed by atoms with van der Waals surface area (Å²) >= 11 is 3.57. The summed E-state index contributed by atoms with van der Waals surface area (Å²) in [5.41, 5.74) is 2.83. The molecule has 1 N–H and O–H groups in total. The van der Waals surface area contributed by atoms with E-state index in [-0.39, 0.29) is 0 Å². The van der Waals surface area contributed by atoms with Crippen molar-refractivity contribution in [3.63, 3.8) is 0 Å². The highest BCUT2D eigenvalue weighted by Gasteiger charge is 2.12. The third kappa shape index (κ3) is 1.25. The van der Waals surface area contributed by atoms with Gasteiger partial charge in [0.25, 0.3) is 0 Å². The summed E-state index contributed by atoms with van der Waals surface area (Å²) in [6, 6.07) is 12.1. The van der Waals surface area contributed by atoms with E-state index in [9.17, 15) is 0 Å². The molecule has 0 saturated heterocycles. The Morgan fingerprint density at radius 3 is 2.75 bits per heavy atom. The van der Waals surface area contributed by atoms with Gasteiger partial charge in [-0.1, -0.05) is 34.1 Å². The van der Waals surface area contributed by atoms with E-state index in [0.29, 0.717) is 0 Å². The van der Waals surface area contributed by atoms with Gasteiger partial charge in [0.05, 0.1) is 5.69 Å². The summed E-state index contributed by atoms with van der Waals surface area (Å²) < 4.78 is 6.92. The first kappa shape index (κ1) is 9.73. The molecule has 0 bridgehead atoms. The highest BCUT2D eigenvalue weighted by atomic mass is 79.9. The lowest BCUT2D eigenvalue weighted by Crippen LogP contribution is -1.87. The van der Waals surface area contributed by atoms with E-state index < -0.39 is 0 Å². The molecule has 2 aromatic carbocycles. The van der Waals surface area contributed by atoms with Crippen molar-refractivity contribution in [1.82, 2.24) is 0 Å². The molecular weight excluding hydrogens is 266 g/mol. The van der Waals surface area contributed by atoms with Crippen molar-refractivity contribution < 1.29 is 4.42 Å². The van der Waals surface area contributed by atoms with Gasteiger partial charge in [-0.25, -0.2) is 0 Å². The Kier molecular flexibility index (Phi) is 2.14. The SMILES string of the molecule is CNc1ccc(Br)c2c1oc1ccccc12. The van der Waals surface area contributed by atoms with Gasteiger partial charge in [0.2, 0.25) is 0 Å². The molecule has 0 fully saturated rings. The van der Waals surface area contributed by atoms with Crippen LogP contribution in [0.4, 0.5) is 5.69 Å². The van der Waals surface area contributed by atoms with Crippen LogP contribution in [-0.4, -0.2) is 7.05 Å². The van der Waals surface area contributed by atoms with E-state index in [2.05, 4.69) is 27.3 Å². The standard InChI is InChI=1S/C13H10BrNO/c1-15-10-7-6-9(14)12-8-4-2-3-5-11(8)16-13(10)12/h2-7,15H,1H3. The predicted molar refractivity (Wildman–Crippen MR) is 71.0 cm³/mol. The van der Waals surface area contributed by atoms with Crippen LogP contribution in [0.3, 0.4) is 0 Å². The Hall–Kier alpha value is -1.48. The highest BCUT2D eigenvalue weighted by Crippen LogP contribution is 2.37. The molecule has 0 spiro atoms. The normalized spacial score (nSPS) is 11.1. The average molecular weight is 276 g/mol. The lowest BCUT2D eigenvalue weighted by molar-refractivity contribution is 0.670. The van der Waals surface area contributed by atoms with Gasteiger partial charge in [0.15, 0.2) is 5.58 Å². The van der Waals surface area contributed by atoms with E-state index in [0.717, 1.165) is 32.1 Å². The number of halogens is 1. The van der Waals surface area contributed by atoms with Gasteiger partial charge in [-0.15, -0.1) is 0 Å². The van der Waals surface area contributed by atoms with Gasteiger partial charge in [0.1, 0.15) is 5.58 Å². The van der Waals surface area contributed by atoms with Crippen LogP contribution in [0.1, 0.15) is 0 Å². The van der Waals surface area contributed by atoms with Crippen molar-refractivity contribution >= 4 is 43.6 Å². The second-order valence-electron chi connectivity index (χ2n) is 3.65. The summed E-state index contributed by atoms with van der Waals surface area (Å²) in [5, 5.41) is 5.41. The van der Waals surface area contributed by atoms with Crippen LogP contribution in [0, 0.1) is 0 Å². The maximum absolute atomic E-state index is 5.86. The maximum Gasteiger partial charge on any atom is 0.159 e. The monoisotopic (exact) mass is 275 g/mol. The number of hydrogen-bond acceptors (Lipinski definition) is 2. The zero-order valence-corrected chi connectivity index (χ0v) is 10.3. The third-order valence-electron chi connectivity index (χ3n) is 2.74. The minimum atomic E-state index is 0.901. The zero-order valence-electron chi connectivity index (χ0n) is 8.75. The van der Waals surface area contributed by atoms with E-state index in [1.807, 2.05) is 37.4 Å². The fraction of sp³-hybridized carbons (Fsp3) is 0.0769. The largest absolute Gasteiger partial charge is 0.454 e. The summed E-state index contributed by atoms with van der Waals surface area (Å²) in [5.74, 6) is 0. The fourth-order valence-electron chi connectivity index (χ4n) is 1.98. The number of anilines is 1. The fourth-order valence-corrected chi connectivity index (χ4v) is 2.51. The van der Waals surface area contributed by atoms with Crippen LogP contribution in [0.15, 0.2) is 45.3 Å². The maximum atomic E-state index is 5.86. The van der Waals surface area contributed by atoms with Crippen molar-refractivity contribution in [3.8, 4) is 0 Å². The van der Waals surface area contributed by atoms with Crippen molar-refractivity contribution in [1.29, 1.82) is 0 Å². The van der Waals surface area contributed by atoms with E-state index in [4.69, 9.17) is 4.42 Å². The van der Waals surface area contributed by atoms with Gasteiger partial charge in [0, 0.05) is 22.3 Å². The average Bonchev–Trinajstić information content (AvgIpc) is 2.69. The number of benzene rings is 2. The molecule has 1 heterocycles. The predicted octanol–water partition coefficient (Wildman–Crippen LogP) is 4.39. The van der Waals surface area contributed by atoms with Gasteiger partial charge >= 0.3 is 0 Å². The van der Waals surface area contributed by atoms with Gasteiger partial charge in [-0.05, 0) is 18.2 Å². The van der Waals surface area contributed by atoms with Gasteiger partial charge in [-0.2, -0.15) is 0 Å². The molecule has 3 aromatic rings. The second-order valence-corrected chi connectivity index (χ2v) is 4.50. The molecule has 0 aliphatic rings. The van der Waals surface area contributed by atoms with Gasteiger partial charge in [-0.3, -0.25) is 0 Å². The first-order valence-corrected chi connectivity index (χ1v) is 5.88. The molecule has 3 heteroatoms. The molecule has 0 aliphatic heterocycles. The molecule has 80 valence electrons. The van der Waals surface area contributed by atoms with Gasteiger partial charge < -0.3 is 9.73 Å². The first-order chi connectivity index (χ1) is 7.81. The lowest BCUT2D eigenvalue weighted by atomic mass is 10.1. The van der Waals surface area contributed by atoms with E-state index in [1.165, 1.54) is 0 Å². The third-order valence-corrected chi connectivity index (χ3v) is 3.41. The molecule has 0 atom stereocenters. The Balaban J connectivity index is 2.58. The van der Waals surface area contributed by atoms with Crippen LogP contribution in [-0.2, 0) is 0 Å². The number of nitrogens with one attached hydrogen (secondary N) is 1. The smallest absolute Gasteiger partial charge is 0.159 e. The Labute approximate surface area is 101 Å². The number of rotatable bonds is 1. The summed E-state index contributed by atoms with van der Waals surface area (Å²) in [7, 11) is 1.90.